The molecule has 0 amide bonds. The number of hydrogen-bond acceptors (Lipinski definition) is 2. The molecule has 2 heterocycles. The third kappa shape index (κ3) is 2.47. The Hall–Kier alpha value is -2.79. The van der Waals surface area contributed by atoms with Gasteiger partial charge in [-0.2, -0.15) is 0 Å². The molecule has 4 aromatic rings. The fraction of sp³-hybridized carbons (Fsp3) is 0.286. The Labute approximate surface area is 150 Å². The van der Waals surface area contributed by atoms with Crippen molar-refractivity contribution in [3.8, 4) is 0 Å². The summed E-state index contributed by atoms with van der Waals surface area (Å²) in [7, 11) is 0. The number of imidazole rings is 1. The normalized spacial score (nSPS) is 18.3. The molecule has 0 saturated heterocycles. The van der Waals surface area contributed by atoms with Crippen LogP contribution in [0.5, 0.6) is 0 Å². The Morgan fingerprint density at radius 2 is 1.88 bits per heavy atom. The molecule has 0 bridgehead atoms. The standard InChI is InChI=1S/C21H22N4O/c1-12(13-9-10-17-19(11-13)25-21(26)24-17)22-18-8-4-6-15-14-5-2-3-7-16(14)23-20(15)18/h2-3,5,7,9-12,18,22-23H,4,6,8H2,1H3,(H2,24,25,26). The summed E-state index contributed by atoms with van der Waals surface area (Å²) in [6.07, 6.45) is 3.47. The molecular weight excluding hydrogens is 324 g/mol. The summed E-state index contributed by atoms with van der Waals surface area (Å²) in [5.41, 5.74) is 6.74. The number of rotatable bonds is 3. The van der Waals surface area contributed by atoms with Crippen molar-refractivity contribution in [3.05, 3.63) is 69.8 Å². The van der Waals surface area contributed by atoms with Gasteiger partial charge in [0.1, 0.15) is 0 Å². The third-order valence-corrected chi connectivity index (χ3v) is 5.61. The van der Waals surface area contributed by atoms with Gasteiger partial charge in [-0.15, -0.1) is 0 Å². The highest BCUT2D eigenvalue weighted by molar-refractivity contribution is 5.85. The van der Waals surface area contributed by atoms with E-state index in [2.05, 4.69) is 63.6 Å². The molecule has 0 spiro atoms. The fourth-order valence-corrected chi connectivity index (χ4v) is 4.30. The average molecular weight is 346 g/mol. The van der Waals surface area contributed by atoms with Crippen molar-refractivity contribution in [3.63, 3.8) is 0 Å². The molecule has 0 aliphatic heterocycles. The zero-order valence-electron chi connectivity index (χ0n) is 14.7. The van der Waals surface area contributed by atoms with Crippen LogP contribution >= 0.6 is 0 Å². The van der Waals surface area contributed by atoms with Crippen molar-refractivity contribution in [2.24, 2.45) is 0 Å². The number of hydrogen-bond donors (Lipinski definition) is 4. The number of para-hydroxylation sites is 1. The van der Waals surface area contributed by atoms with E-state index >= 15 is 0 Å². The van der Waals surface area contributed by atoms with Crippen LogP contribution in [0.15, 0.2) is 47.3 Å². The summed E-state index contributed by atoms with van der Waals surface area (Å²) in [6, 6.07) is 15.2. The Morgan fingerprint density at radius 3 is 2.81 bits per heavy atom. The van der Waals surface area contributed by atoms with Gasteiger partial charge < -0.3 is 20.3 Å². The molecule has 2 atom stereocenters. The SMILES string of the molecule is CC(NC1CCCc2c1[nH]c1ccccc21)c1ccc2[nH]c(=O)[nH]c2c1. The van der Waals surface area contributed by atoms with E-state index < -0.39 is 0 Å². The van der Waals surface area contributed by atoms with Gasteiger partial charge >= 0.3 is 5.69 Å². The predicted molar refractivity (Wildman–Crippen MR) is 104 cm³/mol. The number of benzene rings is 2. The lowest BCUT2D eigenvalue weighted by Crippen LogP contribution is -2.27. The maximum Gasteiger partial charge on any atom is 0.323 e. The van der Waals surface area contributed by atoms with Crippen molar-refractivity contribution >= 4 is 21.9 Å². The predicted octanol–water partition coefficient (Wildman–Crippen LogP) is 4.07. The summed E-state index contributed by atoms with van der Waals surface area (Å²) in [4.78, 5) is 20.8. The van der Waals surface area contributed by atoms with Gasteiger partial charge in [-0.3, -0.25) is 0 Å². The van der Waals surface area contributed by atoms with Crippen LogP contribution < -0.4 is 11.0 Å². The summed E-state index contributed by atoms with van der Waals surface area (Å²) in [6.45, 7) is 2.18. The fourth-order valence-electron chi connectivity index (χ4n) is 4.30. The van der Waals surface area contributed by atoms with E-state index in [1.807, 2.05) is 6.07 Å². The minimum absolute atomic E-state index is 0.159. The van der Waals surface area contributed by atoms with Gasteiger partial charge in [-0.05, 0) is 55.5 Å². The molecular formula is C21H22N4O. The second kappa shape index (κ2) is 5.88. The largest absolute Gasteiger partial charge is 0.357 e. The number of fused-ring (bicyclic) bond motifs is 4. The van der Waals surface area contributed by atoms with E-state index in [0.717, 1.165) is 23.9 Å². The minimum Gasteiger partial charge on any atom is -0.357 e. The Balaban J connectivity index is 1.46. The highest BCUT2D eigenvalue weighted by atomic mass is 16.1. The lowest BCUT2D eigenvalue weighted by Gasteiger charge is -2.27. The van der Waals surface area contributed by atoms with Gasteiger partial charge in [0.2, 0.25) is 0 Å². The van der Waals surface area contributed by atoms with Crippen LogP contribution in [0.4, 0.5) is 0 Å². The second-order valence-electron chi connectivity index (χ2n) is 7.28. The zero-order chi connectivity index (χ0) is 17.7. The molecule has 2 aromatic heterocycles. The van der Waals surface area contributed by atoms with Crippen molar-refractivity contribution < 1.29 is 0 Å². The Morgan fingerprint density at radius 1 is 1.04 bits per heavy atom. The van der Waals surface area contributed by atoms with Crippen LogP contribution in [0.1, 0.15) is 48.7 Å². The molecule has 132 valence electrons. The molecule has 2 aromatic carbocycles. The molecule has 0 fully saturated rings. The summed E-state index contributed by atoms with van der Waals surface area (Å²) in [5, 5.41) is 5.14. The smallest absolute Gasteiger partial charge is 0.323 e. The number of H-pyrrole nitrogens is 3. The van der Waals surface area contributed by atoms with Crippen LogP contribution in [-0.4, -0.2) is 15.0 Å². The number of aryl methyl sites for hydroxylation is 1. The average Bonchev–Trinajstić information content (AvgIpc) is 3.21. The number of aromatic amines is 3. The quantitative estimate of drug-likeness (QED) is 0.451. The zero-order valence-corrected chi connectivity index (χ0v) is 14.7. The van der Waals surface area contributed by atoms with E-state index in [4.69, 9.17) is 0 Å². The first-order valence-electron chi connectivity index (χ1n) is 9.26. The van der Waals surface area contributed by atoms with Crippen LogP contribution in [0, 0.1) is 0 Å². The maximum absolute atomic E-state index is 11.5. The van der Waals surface area contributed by atoms with E-state index in [9.17, 15) is 4.79 Å². The molecule has 5 heteroatoms. The molecule has 26 heavy (non-hydrogen) atoms. The minimum atomic E-state index is -0.159. The molecule has 1 aliphatic carbocycles. The van der Waals surface area contributed by atoms with Crippen LogP contribution in [0.3, 0.4) is 0 Å². The first kappa shape index (κ1) is 15.5. The van der Waals surface area contributed by atoms with Gasteiger partial charge in [0.15, 0.2) is 0 Å². The van der Waals surface area contributed by atoms with E-state index in [0.29, 0.717) is 6.04 Å². The monoisotopic (exact) mass is 346 g/mol. The molecule has 5 rings (SSSR count). The molecule has 0 radical (unpaired) electrons. The summed E-state index contributed by atoms with van der Waals surface area (Å²) < 4.78 is 0. The highest BCUT2D eigenvalue weighted by Gasteiger charge is 2.25. The maximum atomic E-state index is 11.5. The van der Waals surface area contributed by atoms with Crippen LogP contribution in [0.25, 0.3) is 21.9 Å². The number of aromatic nitrogens is 3. The highest BCUT2D eigenvalue weighted by Crippen LogP contribution is 2.36. The summed E-state index contributed by atoms with van der Waals surface area (Å²) >= 11 is 0. The lowest BCUT2D eigenvalue weighted by molar-refractivity contribution is 0.410. The second-order valence-corrected chi connectivity index (χ2v) is 7.28. The van der Waals surface area contributed by atoms with Gasteiger partial charge in [0.05, 0.1) is 11.0 Å². The Bertz CT molecular complexity index is 1150. The van der Waals surface area contributed by atoms with E-state index in [1.165, 1.54) is 34.1 Å². The van der Waals surface area contributed by atoms with Crippen molar-refractivity contribution in [1.82, 2.24) is 20.3 Å². The Kier molecular flexibility index (Phi) is 3.50. The lowest BCUT2D eigenvalue weighted by atomic mass is 9.91. The molecule has 2 unspecified atom stereocenters. The van der Waals surface area contributed by atoms with Crippen molar-refractivity contribution in [1.29, 1.82) is 0 Å². The molecule has 0 saturated carbocycles. The van der Waals surface area contributed by atoms with Crippen LogP contribution in [0.2, 0.25) is 0 Å². The van der Waals surface area contributed by atoms with Gasteiger partial charge in [0, 0.05) is 28.7 Å². The molecule has 5 nitrogen and oxygen atoms in total. The van der Waals surface area contributed by atoms with E-state index in [1.54, 1.807) is 0 Å². The first-order valence-corrected chi connectivity index (χ1v) is 9.26. The number of nitrogens with one attached hydrogen (secondary N) is 4. The van der Waals surface area contributed by atoms with Gasteiger partial charge in [0.25, 0.3) is 0 Å². The van der Waals surface area contributed by atoms with Crippen molar-refractivity contribution in [2.75, 3.05) is 0 Å². The molecule has 1 aliphatic rings. The van der Waals surface area contributed by atoms with Crippen LogP contribution in [-0.2, 0) is 6.42 Å². The van der Waals surface area contributed by atoms with E-state index in [-0.39, 0.29) is 11.7 Å². The third-order valence-electron chi connectivity index (χ3n) is 5.61. The van der Waals surface area contributed by atoms with Gasteiger partial charge in [-0.1, -0.05) is 24.3 Å². The summed E-state index contributed by atoms with van der Waals surface area (Å²) in [5.74, 6) is 0. The topological polar surface area (TPSA) is 76.5 Å². The molecule has 4 N–H and O–H groups in total. The first-order chi connectivity index (χ1) is 12.7. The van der Waals surface area contributed by atoms with Gasteiger partial charge in [-0.25, -0.2) is 4.79 Å². The van der Waals surface area contributed by atoms with Crippen molar-refractivity contribution in [2.45, 2.75) is 38.3 Å².